The minimum atomic E-state index is 0.480. The van der Waals surface area contributed by atoms with Crippen LogP contribution in [-0.2, 0) is 6.54 Å². The third kappa shape index (κ3) is 3.18. The summed E-state index contributed by atoms with van der Waals surface area (Å²) in [7, 11) is 1.70. The van der Waals surface area contributed by atoms with Crippen molar-refractivity contribution in [3.8, 4) is 5.75 Å². The lowest BCUT2D eigenvalue weighted by Gasteiger charge is -2.40. The van der Waals surface area contributed by atoms with E-state index in [0.29, 0.717) is 4.75 Å². The predicted molar refractivity (Wildman–Crippen MR) is 77.3 cm³/mol. The predicted octanol–water partition coefficient (Wildman–Crippen LogP) is 2.77. The molecule has 2 rings (SSSR count). The van der Waals surface area contributed by atoms with Gasteiger partial charge in [-0.15, -0.1) is 0 Å². The third-order valence-corrected chi connectivity index (χ3v) is 5.09. The van der Waals surface area contributed by atoms with E-state index >= 15 is 0 Å². The fraction of sp³-hybridized carbons (Fsp3) is 0.643. The largest absolute Gasteiger partial charge is 0.497 e. The number of nitrogens with one attached hydrogen (secondary N) is 1. The van der Waals surface area contributed by atoms with Gasteiger partial charge in [0.2, 0.25) is 0 Å². The molecule has 1 fully saturated rings. The molecule has 0 spiro atoms. The van der Waals surface area contributed by atoms with E-state index < -0.39 is 0 Å². The van der Waals surface area contributed by atoms with Crippen LogP contribution in [0.4, 0.5) is 0 Å². The number of hydrogen-bond donors (Lipinski definition) is 1. The Balaban J connectivity index is 1.88. The lowest BCUT2D eigenvalue weighted by molar-refractivity contribution is 0.344. The molecule has 1 aromatic heterocycles. The van der Waals surface area contributed by atoms with Gasteiger partial charge in [-0.25, -0.2) is 0 Å². The first kappa shape index (κ1) is 13.7. The average Bonchev–Trinajstić information content (AvgIpc) is 2.32. The summed E-state index contributed by atoms with van der Waals surface area (Å²) in [5, 5.41) is 3.54. The molecule has 18 heavy (non-hydrogen) atoms. The normalized spacial score (nSPS) is 17.3. The molecule has 0 amide bonds. The Kier molecular flexibility index (Phi) is 4.51. The highest BCUT2D eigenvalue weighted by atomic mass is 32.2. The lowest BCUT2D eigenvalue weighted by Crippen LogP contribution is -2.43. The van der Waals surface area contributed by atoms with Crippen molar-refractivity contribution in [3.63, 3.8) is 0 Å². The average molecular weight is 266 g/mol. The molecule has 1 aliphatic rings. The van der Waals surface area contributed by atoms with E-state index in [1.165, 1.54) is 19.3 Å². The molecule has 3 nitrogen and oxygen atoms in total. The molecule has 1 aromatic rings. The summed E-state index contributed by atoms with van der Waals surface area (Å²) in [6.07, 6.45) is 6.27. The maximum absolute atomic E-state index is 5.26. The molecule has 0 atom stereocenters. The zero-order chi connectivity index (χ0) is 13.0. The summed E-state index contributed by atoms with van der Waals surface area (Å²) in [4.78, 5) is 4.52. The van der Waals surface area contributed by atoms with Crippen molar-refractivity contribution in [2.45, 2.75) is 37.5 Å². The van der Waals surface area contributed by atoms with Crippen molar-refractivity contribution >= 4 is 11.8 Å². The zero-order valence-corrected chi connectivity index (χ0v) is 12.3. The Morgan fingerprint density at radius 1 is 1.44 bits per heavy atom. The number of ether oxygens (including phenoxy) is 1. The monoisotopic (exact) mass is 266 g/mol. The Hall–Kier alpha value is -0.740. The van der Waals surface area contributed by atoms with Gasteiger partial charge in [-0.05, 0) is 26.0 Å². The second kappa shape index (κ2) is 5.93. The third-order valence-electron chi connectivity index (χ3n) is 3.67. The van der Waals surface area contributed by atoms with Gasteiger partial charge in [0.25, 0.3) is 0 Å². The van der Waals surface area contributed by atoms with Crippen LogP contribution in [0.3, 0.4) is 0 Å². The molecule has 1 heterocycles. The molecule has 1 aliphatic carbocycles. The van der Waals surface area contributed by atoms with Gasteiger partial charge >= 0.3 is 0 Å². The first-order valence-corrected chi connectivity index (χ1v) is 7.67. The van der Waals surface area contributed by atoms with Crippen LogP contribution in [0.5, 0.6) is 5.75 Å². The summed E-state index contributed by atoms with van der Waals surface area (Å²) >= 11 is 2.00. The van der Waals surface area contributed by atoms with Gasteiger partial charge in [0, 0.05) is 35.7 Å². The number of aryl methyl sites for hydroxylation is 1. The van der Waals surface area contributed by atoms with Gasteiger partial charge in [0.1, 0.15) is 5.75 Å². The first-order chi connectivity index (χ1) is 8.67. The summed E-state index contributed by atoms with van der Waals surface area (Å²) in [5.41, 5.74) is 2.07. The molecule has 1 saturated carbocycles. The summed E-state index contributed by atoms with van der Waals surface area (Å²) in [5.74, 6) is 0.891. The highest BCUT2D eigenvalue weighted by molar-refractivity contribution is 8.00. The van der Waals surface area contributed by atoms with E-state index in [0.717, 1.165) is 30.2 Å². The van der Waals surface area contributed by atoms with Crippen molar-refractivity contribution in [1.29, 1.82) is 0 Å². The molecule has 0 unspecified atom stereocenters. The number of rotatable bonds is 6. The molecule has 4 heteroatoms. The van der Waals surface area contributed by atoms with E-state index in [2.05, 4.69) is 16.6 Å². The first-order valence-electron chi connectivity index (χ1n) is 6.45. The SMILES string of the molecule is COc1cc(C)nc(CNCC2(SC)CCC2)c1. The summed E-state index contributed by atoms with van der Waals surface area (Å²) in [6, 6.07) is 3.96. The topological polar surface area (TPSA) is 34.1 Å². The smallest absolute Gasteiger partial charge is 0.122 e. The number of methoxy groups -OCH3 is 1. The van der Waals surface area contributed by atoms with Gasteiger partial charge in [-0.3, -0.25) is 4.98 Å². The minimum absolute atomic E-state index is 0.480. The number of hydrogen-bond acceptors (Lipinski definition) is 4. The van der Waals surface area contributed by atoms with Gasteiger partial charge in [0.15, 0.2) is 0 Å². The van der Waals surface area contributed by atoms with Crippen LogP contribution >= 0.6 is 11.8 Å². The molecule has 0 bridgehead atoms. The highest BCUT2D eigenvalue weighted by Gasteiger charge is 2.35. The van der Waals surface area contributed by atoms with Crippen molar-refractivity contribution in [2.75, 3.05) is 19.9 Å². The fourth-order valence-corrected chi connectivity index (χ4v) is 3.30. The maximum Gasteiger partial charge on any atom is 0.122 e. The van der Waals surface area contributed by atoms with Gasteiger partial charge < -0.3 is 10.1 Å². The van der Waals surface area contributed by atoms with Gasteiger partial charge in [-0.2, -0.15) is 11.8 Å². The second-order valence-electron chi connectivity index (χ2n) is 4.98. The fourth-order valence-electron chi connectivity index (χ4n) is 2.35. The minimum Gasteiger partial charge on any atom is -0.497 e. The summed E-state index contributed by atoms with van der Waals surface area (Å²) in [6.45, 7) is 3.90. The van der Waals surface area contributed by atoms with Crippen LogP contribution in [0.15, 0.2) is 12.1 Å². The Morgan fingerprint density at radius 2 is 2.22 bits per heavy atom. The van der Waals surface area contributed by atoms with Crippen LogP contribution in [0.1, 0.15) is 30.7 Å². The highest BCUT2D eigenvalue weighted by Crippen LogP contribution is 2.42. The van der Waals surface area contributed by atoms with Crippen molar-refractivity contribution in [1.82, 2.24) is 10.3 Å². The zero-order valence-electron chi connectivity index (χ0n) is 11.5. The standard InChI is InChI=1S/C14H22N2OS/c1-11-7-13(17-2)8-12(16-11)9-15-10-14(18-3)5-4-6-14/h7-8,15H,4-6,9-10H2,1-3H3. The molecular weight excluding hydrogens is 244 g/mol. The van der Waals surface area contributed by atoms with E-state index in [9.17, 15) is 0 Å². The molecule has 0 aliphatic heterocycles. The number of nitrogens with zero attached hydrogens (tertiary/aromatic N) is 1. The quantitative estimate of drug-likeness (QED) is 0.858. The Labute approximate surface area is 114 Å². The van der Waals surface area contributed by atoms with E-state index in [1.54, 1.807) is 7.11 Å². The van der Waals surface area contributed by atoms with E-state index in [4.69, 9.17) is 4.74 Å². The van der Waals surface area contributed by atoms with Crippen LogP contribution in [0, 0.1) is 6.92 Å². The van der Waals surface area contributed by atoms with Gasteiger partial charge in [0.05, 0.1) is 12.8 Å². The van der Waals surface area contributed by atoms with Crippen molar-refractivity contribution in [2.24, 2.45) is 0 Å². The van der Waals surface area contributed by atoms with E-state index in [1.807, 2.05) is 30.8 Å². The molecule has 100 valence electrons. The number of pyridine rings is 1. The number of thioether (sulfide) groups is 1. The second-order valence-corrected chi connectivity index (χ2v) is 6.26. The van der Waals surface area contributed by atoms with Crippen molar-refractivity contribution < 1.29 is 4.74 Å². The maximum atomic E-state index is 5.26. The molecule has 1 N–H and O–H groups in total. The van der Waals surface area contributed by atoms with Crippen LogP contribution in [0.2, 0.25) is 0 Å². The lowest BCUT2D eigenvalue weighted by atomic mass is 9.84. The Morgan fingerprint density at radius 3 is 2.78 bits per heavy atom. The Bertz CT molecular complexity index is 399. The van der Waals surface area contributed by atoms with E-state index in [-0.39, 0.29) is 0 Å². The molecule has 0 radical (unpaired) electrons. The van der Waals surface area contributed by atoms with Crippen LogP contribution in [0.25, 0.3) is 0 Å². The van der Waals surface area contributed by atoms with Gasteiger partial charge in [-0.1, -0.05) is 6.42 Å². The molecular formula is C14H22N2OS. The van der Waals surface area contributed by atoms with Crippen molar-refractivity contribution in [3.05, 3.63) is 23.5 Å². The van der Waals surface area contributed by atoms with Crippen LogP contribution < -0.4 is 10.1 Å². The van der Waals surface area contributed by atoms with Crippen LogP contribution in [-0.4, -0.2) is 29.6 Å². The number of aromatic nitrogens is 1. The summed E-state index contributed by atoms with van der Waals surface area (Å²) < 4.78 is 5.74. The molecule has 0 saturated heterocycles. The molecule has 0 aromatic carbocycles.